The lowest BCUT2D eigenvalue weighted by Gasteiger charge is -2.21. The van der Waals surface area contributed by atoms with Crippen molar-refractivity contribution in [2.75, 3.05) is 18.0 Å². The first kappa shape index (κ1) is 24.0. The van der Waals surface area contributed by atoms with Crippen LogP contribution >= 0.6 is 34.4 Å². The third-order valence-corrected chi connectivity index (χ3v) is 8.38. The van der Waals surface area contributed by atoms with E-state index in [1.807, 2.05) is 6.07 Å². The molecule has 31 heavy (non-hydrogen) atoms. The van der Waals surface area contributed by atoms with Crippen molar-refractivity contribution in [2.24, 2.45) is 0 Å². The first-order valence-electron chi connectivity index (χ1n) is 10.9. The number of aliphatic carboxylic acids is 1. The number of hydrogen-bond acceptors (Lipinski definition) is 7. The van der Waals surface area contributed by atoms with Crippen molar-refractivity contribution in [1.29, 1.82) is 0 Å². The van der Waals surface area contributed by atoms with Gasteiger partial charge in [0, 0.05) is 24.9 Å². The summed E-state index contributed by atoms with van der Waals surface area (Å²) in [6.07, 6.45) is 7.08. The molecule has 3 rings (SSSR count). The van der Waals surface area contributed by atoms with Crippen LogP contribution in [-0.4, -0.2) is 38.9 Å². The van der Waals surface area contributed by atoms with Crippen LogP contribution in [0.2, 0.25) is 0 Å². The molecule has 0 amide bonds. The number of carboxylic acids is 1. The van der Waals surface area contributed by atoms with E-state index in [4.69, 9.17) is 4.98 Å². The maximum atomic E-state index is 11.4. The Labute approximate surface area is 196 Å². The normalized spacial score (nSPS) is 11.8. The Morgan fingerprint density at radius 3 is 2.65 bits per heavy atom. The molecule has 1 aromatic carbocycles. The van der Waals surface area contributed by atoms with Crippen LogP contribution in [0.1, 0.15) is 58.6 Å². The van der Waals surface area contributed by atoms with Crippen LogP contribution in [0.15, 0.2) is 34.0 Å². The van der Waals surface area contributed by atoms with E-state index in [1.165, 1.54) is 59.9 Å². The minimum absolute atomic E-state index is 0.813. The van der Waals surface area contributed by atoms with E-state index in [9.17, 15) is 9.90 Å². The van der Waals surface area contributed by atoms with Gasteiger partial charge >= 0.3 is 5.97 Å². The number of carbonyl (C=O) groups is 1. The molecule has 0 bridgehead atoms. The Hall–Kier alpha value is -1.64. The number of rotatable bonds is 13. The lowest BCUT2D eigenvalue weighted by molar-refractivity contribution is -0.138. The highest BCUT2D eigenvalue weighted by Gasteiger charge is 2.29. The van der Waals surface area contributed by atoms with Crippen LogP contribution in [0.25, 0.3) is 10.2 Å². The quantitative estimate of drug-likeness (QED) is 0.217. The summed E-state index contributed by atoms with van der Waals surface area (Å²) in [4.78, 5) is 23.3. The molecule has 0 fully saturated rings. The van der Waals surface area contributed by atoms with Gasteiger partial charge in [-0.1, -0.05) is 67.8 Å². The fraction of sp³-hybridized carbons (Fsp3) is 0.522. The van der Waals surface area contributed by atoms with Crippen molar-refractivity contribution in [3.8, 4) is 0 Å². The second kappa shape index (κ2) is 11.3. The Morgan fingerprint density at radius 2 is 1.90 bits per heavy atom. The highest BCUT2D eigenvalue weighted by molar-refractivity contribution is 8.03. The molecule has 0 radical (unpaired) electrons. The Kier molecular flexibility index (Phi) is 8.75. The number of unbranched alkanes of at least 4 members (excludes halogenated alkanes) is 4. The summed E-state index contributed by atoms with van der Waals surface area (Å²) in [6.45, 7) is 7.54. The summed E-state index contributed by atoms with van der Waals surface area (Å²) in [5, 5.41) is 12.5. The van der Waals surface area contributed by atoms with E-state index in [0.717, 1.165) is 40.2 Å². The number of anilines is 1. The summed E-state index contributed by atoms with van der Waals surface area (Å²) in [5.74, 6) is -0.820. The molecule has 0 spiro atoms. The summed E-state index contributed by atoms with van der Waals surface area (Å²) < 4.78 is 1.16. The van der Waals surface area contributed by atoms with E-state index in [-0.39, 0.29) is 0 Å². The molecular formula is C23H31N3O2S3. The van der Waals surface area contributed by atoms with Crippen LogP contribution in [-0.2, 0) is 11.2 Å². The van der Waals surface area contributed by atoms with E-state index in [2.05, 4.69) is 40.4 Å². The Morgan fingerprint density at radius 1 is 1.13 bits per heavy atom. The van der Waals surface area contributed by atoms with E-state index >= 15 is 0 Å². The number of benzene rings is 1. The maximum Gasteiger partial charge on any atom is 0.319 e. The number of thiazole rings is 2. The topological polar surface area (TPSA) is 66.3 Å². The summed E-state index contributed by atoms with van der Waals surface area (Å²) in [7, 11) is 0. The average molecular weight is 478 g/mol. The van der Waals surface area contributed by atoms with Crippen LogP contribution < -0.4 is 4.90 Å². The SMILES string of the molecule is CCCCCCCN(CCc1csc(SC(C)(C)C(=O)O)n1)c1nc2ccccc2s1. The number of hydrogen-bond donors (Lipinski definition) is 1. The van der Waals surface area contributed by atoms with Gasteiger partial charge < -0.3 is 10.0 Å². The first-order chi connectivity index (χ1) is 14.9. The molecule has 0 aliphatic rings. The van der Waals surface area contributed by atoms with E-state index < -0.39 is 10.7 Å². The first-order valence-corrected chi connectivity index (χ1v) is 13.4. The average Bonchev–Trinajstić information content (AvgIpc) is 3.36. The van der Waals surface area contributed by atoms with Gasteiger partial charge in [-0.15, -0.1) is 11.3 Å². The van der Waals surface area contributed by atoms with Crippen molar-refractivity contribution in [1.82, 2.24) is 9.97 Å². The smallest absolute Gasteiger partial charge is 0.319 e. The number of carboxylic acid groups (broad SMARTS) is 1. The number of nitrogens with zero attached hydrogens (tertiary/aromatic N) is 3. The molecule has 0 saturated carbocycles. The summed E-state index contributed by atoms with van der Waals surface area (Å²) in [6, 6.07) is 8.30. The van der Waals surface area contributed by atoms with Gasteiger partial charge in [0.1, 0.15) is 4.75 Å². The molecule has 5 nitrogen and oxygen atoms in total. The van der Waals surface area contributed by atoms with Crippen molar-refractivity contribution >= 4 is 55.8 Å². The maximum absolute atomic E-state index is 11.4. The van der Waals surface area contributed by atoms with Crippen molar-refractivity contribution in [2.45, 2.75) is 68.4 Å². The van der Waals surface area contributed by atoms with Crippen molar-refractivity contribution in [3.05, 3.63) is 35.3 Å². The zero-order chi connectivity index (χ0) is 22.3. The molecule has 0 aliphatic carbocycles. The monoisotopic (exact) mass is 477 g/mol. The molecule has 0 saturated heterocycles. The van der Waals surface area contributed by atoms with Crippen LogP contribution in [0.5, 0.6) is 0 Å². The van der Waals surface area contributed by atoms with Gasteiger partial charge in [0.05, 0.1) is 15.9 Å². The Balaban J connectivity index is 1.65. The zero-order valence-corrected chi connectivity index (χ0v) is 20.9. The van der Waals surface area contributed by atoms with Gasteiger partial charge in [-0.3, -0.25) is 4.79 Å². The molecule has 2 heterocycles. The minimum atomic E-state index is -0.874. The molecule has 0 unspecified atom stereocenters. The summed E-state index contributed by atoms with van der Waals surface area (Å²) in [5.41, 5.74) is 2.08. The molecule has 8 heteroatoms. The molecule has 3 aromatic rings. The lowest BCUT2D eigenvalue weighted by Crippen LogP contribution is -2.27. The van der Waals surface area contributed by atoms with Gasteiger partial charge in [0.2, 0.25) is 0 Å². The van der Waals surface area contributed by atoms with E-state index in [0.29, 0.717) is 0 Å². The second-order valence-electron chi connectivity index (χ2n) is 8.14. The number of aromatic nitrogens is 2. The third kappa shape index (κ3) is 6.92. The lowest BCUT2D eigenvalue weighted by atomic mass is 10.1. The predicted molar refractivity (Wildman–Crippen MR) is 134 cm³/mol. The van der Waals surface area contributed by atoms with Gasteiger partial charge in [-0.25, -0.2) is 9.97 Å². The molecule has 0 aliphatic heterocycles. The number of thioether (sulfide) groups is 1. The predicted octanol–water partition coefficient (Wildman–Crippen LogP) is 6.73. The number of fused-ring (bicyclic) bond motifs is 1. The van der Waals surface area contributed by atoms with Gasteiger partial charge in [-0.2, -0.15) is 0 Å². The molecule has 0 atom stereocenters. The van der Waals surface area contributed by atoms with Gasteiger partial charge in [-0.05, 0) is 32.4 Å². The minimum Gasteiger partial charge on any atom is -0.480 e. The van der Waals surface area contributed by atoms with Crippen LogP contribution in [0.4, 0.5) is 5.13 Å². The molecule has 2 aromatic heterocycles. The van der Waals surface area contributed by atoms with Crippen LogP contribution in [0.3, 0.4) is 0 Å². The summed E-state index contributed by atoms with van der Waals surface area (Å²) >= 11 is 4.60. The molecule has 1 N–H and O–H groups in total. The highest BCUT2D eigenvalue weighted by atomic mass is 32.2. The largest absolute Gasteiger partial charge is 0.480 e. The Bertz CT molecular complexity index is 950. The van der Waals surface area contributed by atoms with E-state index in [1.54, 1.807) is 25.2 Å². The van der Waals surface area contributed by atoms with Gasteiger partial charge in [0.15, 0.2) is 9.47 Å². The van der Waals surface area contributed by atoms with Gasteiger partial charge in [0.25, 0.3) is 0 Å². The number of para-hydroxylation sites is 1. The fourth-order valence-corrected chi connectivity index (χ4v) is 6.41. The van der Waals surface area contributed by atoms with Crippen LogP contribution in [0, 0.1) is 0 Å². The zero-order valence-electron chi connectivity index (χ0n) is 18.5. The molecule has 168 valence electrons. The standard InChI is InChI=1S/C23H31N3O2S3/c1-4-5-6-7-10-14-26(21-25-18-11-8-9-12-19(18)30-21)15-13-17-16-29-22(24-17)31-23(2,3)20(27)28/h8-9,11-12,16H,4-7,10,13-15H2,1-3H3,(H,27,28). The fourth-order valence-electron chi connectivity index (χ4n) is 3.17. The third-order valence-electron chi connectivity index (χ3n) is 5.11. The molecular weight excluding hydrogens is 446 g/mol. The second-order valence-corrected chi connectivity index (χ2v) is 11.9. The van der Waals surface area contributed by atoms with Crippen molar-refractivity contribution < 1.29 is 9.90 Å². The highest BCUT2D eigenvalue weighted by Crippen LogP contribution is 2.35. The van der Waals surface area contributed by atoms with Crippen molar-refractivity contribution in [3.63, 3.8) is 0 Å².